The van der Waals surface area contributed by atoms with E-state index in [0.29, 0.717) is 17.8 Å². The summed E-state index contributed by atoms with van der Waals surface area (Å²) in [6.45, 7) is 4.64. The molecule has 1 fully saturated rings. The van der Waals surface area contributed by atoms with Gasteiger partial charge in [0.05, 0.1) is 10.4 Å². The second-order valence-corrected chi connectivity index (χ2v) is 9.71. The molecule has 0 radical (unpaired) electrons. The van der Waals surface area contributed by atoms with Gasteiger partial charge in [-0.1, -0.05) is 11.6 Å². The first-order chi connectivity index (χ1) is 15.6. The molecule has 1 saturated carbocycles. The predicted octanol–water partition coefficient (Wildman–Crippen LogP) is 4.30. The van der Waals surface area contributed by atoms with Crippen LogP contribution in [0.3, 0.4) is 0 Å². The Kier molecular flexibility index (Phi) is 6.61. The largest absolute Gasteiger partial charge is 0.383 e. The summed E-state index contributed by atoms with van der Waals surface area (Å²) < 4.78 is 4.32. The molecule has 5 rings (SSSR count). The number of pyridine rings is 1. The van der Waals surface area contributed by atoms with E-state index in [1.165, 1.54) is 32.3 Å². The molecule has 4 aromatic heterocycles. The van der Waals surface area contributed by atoms with Crippen LogP contribution in [-0.4, -0.2) is 39.9 Å². The molecule has 1 aliphatic rings. The molecule has 176 valence electrons. The number of imidazole rings is 1. The molecule has 0 aromatic carbocycles. The smallest absolute Gasteiger partial charge is 0.156 e. The van der Waals surface area contributed by atoms with Gasteiger partial charge in [-0.3, -0.25) is 0 Å². The fourth-order valence-electron chi connectivity index (χ4n) is 4.58. The maximum Gasteiger partial charge on any atom is 0.156 e. The molecule has 8 nitrogen and oxygen atoms in total. The number of anilines is 1. The van der Waals surface area contributed by atoms with Gasteiger partial charge in [0, 0.05) is 30.3 Å². The normalized spacial score (nSPS) is 18.6. The molecule has 33 heavy (non-hydrogen) atoms. The van der Waals surface area contributed by atoms with Crippen LogP contribution in [0.1, 0.15) is 56.8 Å². The van der Waals surface area contributed by atoms with E-state index in [1.807, 2.05) is 23.6 Å². The Balaban J connectivity index is 0.000000471. The number of hydrogen-bond donors (Lipinski definition) is 3. The summed E-state index contributed by atoms with van der Waals surface area (Å²) in [5, 5.41) is 17.9. The molecule has 0 spiro atoms. The molecule has 0 bridgehead atoms. The Hall–Kier alpha value is -2.68. The number of aromatic nitrogens is 5. The minimum absolute atomic E-state index is 0.477. The van der Waals surface area contributed by atoms with Gasteiger partial charge < -0.3 is 24.9 Å². The van der Waals surface area contributed by atoms with Gasteiger partial charge in [-0.2, -0.15) is 0 Å². The van der Waals surface area contributed by atoms with Crippen molar-refractivity contribution in [1.29, 1.82) is 0 Å². The topological polar surface area (TPSA) is 114 Å². The van der Waals surface area contributed by atoms with E-state index in [4.69, 9.17) is 27.5 Å². The molecule has 4 aromatic rings. The number of nitrogens with zero attached hydrogens (tertiary/aromatic N) is 5. The Bertz CT molecular complexity index is 1250. The molecule has 4 N–H and O–H groups in total. The Morgan fingerprint density at radius 3 is 2.64 bits per heavy atom. The molecule has 4 heterocycles. The van der Waals surface area contributed by atoms with Gasteiger partial charge in [0.25, 0.3) is 0 Å². The van der Waals surface area contributed by atoms with E-state index >= 15 is 0 Å². The molecular weight excluding hydrogens is 440 g/mol. The first-order valence-corrected chi connectivity index (χ1v) is 11.6. The predicted molar refractivity (Wildman–Crippen MR) is 130 cm³/mol. The average molecular weight is 471 g/mol. The second kappa shape index (κ2) is 9.29. The molecule has 0 amide bonds. The highest BCUT2D eigenvalue weighted by Crippen LogP contribution is 2.39. The van der Waals surface area contributed by atoms with Gasteiger partial charge in [-0.05, 0) is 76.5 Å². The van der Waals surface area contributed by atoms with Gasteiger partial charge in [0.2, 0.25) is 0 Å². The van der Waals surface area contributed by atoms with Crippen molar-refractivity contribution in [2.24, 2.45) is 5.92 Å². The quantitative estimate of drug-likeness (QED) is 0.383. The van der Waals surface area contributed by atoms with E-state index < -0.39 is 5.79 Å². The van der Waals surface area contributed by atoms with E-state index in [0.717, 1.165) is 46.7 Å². The molecular formula is C24H31ClN6O2. The number of rotatable bonds is 4. The summed E-state index contributed by atoms with van der Waals surface area (Å²) >= 11 is 6.62. The molecule has 1 aliphatic carbocycles. The summed E-state index contributed by atoms with van der Waals surface area (Å²) in [7, 11) is 0. The van der Waals surface area contributed by atoms with Gasteiger partial charge in [-0.15, -0.1) is 0 Å². The molecule has 0 aliphatic heterocycles. The fraction of sp³-hybridized carbons (Fsp3) is 0.458. The molecule has 2 atom stereocenters. The van der Waals surface area contributed by atoms with Crippen LogP contribution in [0.4, 0.5) is 5.82 Å². The second-order valence-electron chi connectivity index (χ2n) is 9.33. The van der Waals surface area contributed by atoms with Gasteiger partial charge in [-0.25, -0.2) is 15.0 Å². The van der Waals surface area contributed by atoms with Crippen molar-refractivity contribution in [3.63, 3.8) is 0 Å². The van der Waals surface area contributed by atoms with Crippen LogP contribution in [0.2, 0.25) is 5.02 Å². The number of aliphatic hydroxyl groups is 2. The third kappa shape index (κ3) is 5.29. The van der Waals surface area contributed by atoms with Crippen LogP contribution in [-0.2, 0) is 6.42 Å². The summed E-state index contributed by atoms with van der Waals surface area (Å²) in [5.74, 6) is -0.257. The lowest BCUT2D eigenvalue weighted by molar-refractivity contribution is -0.127. The number of aryl methyl sites for hydroxylation is 2. The van der Waals surface area contributed by atoms with Crippen molar-refractivity contribution in [1.82, 2.24) is 23.9 Å². The zero-order valence-electron chi connectivity index (χ0n) is 19.2. The van der Waals surface area contributed by atoms with E-state index in [9.17, 15) is 0 Å². The lowest BCUT2D eigenvalue weighted by Gasteiger charge is -2.15. The monoisotopic (exact) mass is 470 g/mol. The summed E-state index contributed by atoms with van der Waals surface area (Å²) in [6, 6.07) is 4.64. The van der Waals surface area contributed by atoms with Crippen LogP contribution >= 0.6 is 11.6 Å². The highest BCUT2D eigenvalue weighted by Gasteiger charge is 2.27. The molecule has 9 heteroatoms. The van der Waals surface area contributed by atoms with Crippen LogP contribution in [0.15, 0.2) is 37.1 Å². The Morgan fingerprint density at radius 1 is 1.12 bits per heavy atom. The van der Waals surface area contributed by atoms with E-state index in [1.54, 1.807) is 6.33 Å². The van der Waals surface area contributed by atoms with Crippen molar-refractivity contribution in [3.05, 3.63) is 53.3 Å². The Morgan fingerprint density at radius 2 is 1.88 bits per heavy atom. The highest BCUT2D eigenvalue weighted by molar-refractivity contribution is 6.34. The standard InChI is InChI=1S/C21H23ClN6.C3H8O2/c1-13-11-24-21-18(22)15(6-8-27(13)21)4-2-14-3-5-16(10-14)28-9-7-17-19(23)25-12-26-20(17)28;1-3(2,4)5/h6-9,11-12,14,16H,2-5,10H2,1H3,(H2,23,25,26);4-5H,1-2H3. The summed E-state index contributed by atoms with van der Waals surface area (Å²) in [5.41, 5.74) is 10.1. The average Bonchev–Trinajstić information content (AvgIpc) is 3.45. The van der Waals surface area contributed by atoms with Crippen LogP contribution < -0.4 is 5.73 Å². The SMILES string of the molecule is CC(C)(O)O.Cc1cnc2c(Cl)c(CCC3CCC(n4ccc5c(N)ncnc54)C3)ccn12. The van der Waals surface area contributed by atoms with Crippen molar-refractivity contribution >= 4 is 34.1 Å². The summed E-state index contributed by atoms with van der Waals surface area (Å²) in [6.07, 6.45) is 13.3. The minimum atomic E-state index is -1.50. The number of halogens is 1. The fourth-order valence-corrected chi connectivity index (χ4v) is 4.88. The van der Waals surface area contributed by atoms with Crippen LogP contribution in [0.5, 0.6) is 0 Å². The number of hydrogen-bond acceptors (Lipinski definition) is 6. The van der Waals surface area contributed by atoms with Crippen molar-refractivity contribution in [2.75, 3.05) is 5.73 Å². The number of nitrogens with two attached hydrogens (primary N) is 1. The number of fused-ring (bicyclic) bond motifs is 2. The number of nitrogen functional groups attached to an aromatic ring is 1. The Labute approximate surface area is 198 Å². The van der Waals surface area contributed by atoms with Crippen molar-refractivity contribution in [3.8, 4) is 0 Å². The maximum atomic E-state index is 8.08. The first-order valence-electron chi connectivity index (χ1n) is 11.2. The lowest BCUT2D eigenvalue weighted by atomic mass is 9.98. The van der Waals surface area contributed by atoms with Crippen molar-refractivity contribution in [2.45, 2.75) is 64.7 Å². The lowest BCUT2D eigenvalue weighted by Crippen LogP contribution is -2.15. The van der Waals surface area contributed by atoms with Crippen LogP contribution in [0, 0.1) is 12.8 Å². The van der Waals surface area contributed by atoms with Gasteiger partial charge in [0.1, 0.15) is 17.8 Å². The zero-order valence-corrected chi connectivity index (χ0v) is 20.0. The maximum absolute atomic E-state index is 8.08. The third-order valence-corrected chi connectivity index (χ3v) is 6.57. The minimum Gasteiger partial charge on any atom is -0.383 e. The zero-order chi connectivity index (χ0) is 23.8. The van der Waals surface area contributed by atoms with E-state index in [2.05, 4.69) is 38.0 Å². The van der Waals surface area contributed by atoms with Crippen molar-refractivity contribution < 1.29 is 10.2 Å². The molecule has 0 saturated heterocycles. The van der Waals surface area contributed by atoms with E-state index in [-0.39, 0.29) is 0 Å². The third-order valence-electron chi connectivity index (χ3n) is 6.15. The summed E-state index contributed by atoms with van der Waals surface area (Å²) in [4.78, 5) is 13.0. The van der Waals surface area contributed by atoms with Crippen LogP contribution in [0.25, 0.3) is 16.7 Å². The molecule has 2 unspecified atom stereocenters. The highest BCUT2D eigenvalue weighted by atomic mass is 35.5. The van der Waals surface area contributed by atoms with Gasteiger partial charge >= 0.3 is 0 Å². The van der Waals surface area contributed by atoms with Gasteiger partial charge in [0.15, 0.2) is 11.4 Å². The first kappa shape index (κ1) is 23.5.